The largest absolute Gasteiger partial charge is 0.330 e. The highest BCUT2D eigenvalue weighted by atomic mass is 35.5. The Labute approximate surface area is 146 Å². The SMILES string of the molecule is C[C@H]1C[C@@H](C(=O)N2CCCC2C(=O)Nc2nccs2)CCN1.Cl. The van der Waals surface area contributed by atoms with Crippen molar-refractivity contribution >= 4 is 40.7 Å². The van der Waals surface area contributed by atoms with Gasteiger partial charge in [-0.25, -0.2) is 4.98 Å². The fourth-order valence-corrected chi connectivity index (χ4v) is 3.90. The van der Waals surface area contributed by atoms with Crippen LogP contribution < -0.4 is 10.6 Å². The van der Waals surface area contributed by atoms with Crippen LogP contribution in [0.5, 0.6) is 0 Å². The van der Waals surface area contributed by atoms with E-state index in [1.807, 2.05) is 5.38 Å². The molecule has 2 saturated heterocycles. The Morgan fingerprint density at radius 3 is 2.96 bits per heavy atom. The minimum atomic E-state index is -0.346. The summed E-state index contributed by atoms with van der Waals surface area (Å²) in [5.41, 5.74) is 0. The van der Waals surface area contributed by atoms with Crippen molar-refractivity contribution in [3.63, 3.8) is 0 Å². The zero-order chi connectivity index (χ0) is 15.5. The first kappa shape index (κ1) is 18.2. The van der Waals surface area contributed by atoms with Crippen LogP contribution in [0.15, 0.2) is 11.6 Å². The number of likely N-dealkylation sites (tertiary alicyclic amines) is 1. The van der Waals surface area contributed by atoms with Gasteiger partial charge < -0.3 is 15.5 Å². The second-order valence-electron chi connectivity index (χ2n) is 6.09. The summed E-state index contributed by atoms with van der Waals surface area (Å²) in [5.74, 6) is 0.0810. The van der Waals surface area contributed by atoms with E-state index in [4.69, 9.17) is 0 Å². The van der Waals surface area contributed by atoms with Gasteiger partial charge >= 0.3 is 0 Å². The Morgan fingerprint density at radius 2 is 2.26 bits per heavy atom. The third-order valence-corrected chi connectivity index (χ3v) is 5.16. The number of aromatic nitrogens is 1. The van der Waals surface area contributed by atoms with Gasteiger partial charge in [-0.3, -0.25) is 9.59 Å². The van der Waals surface area contributed by atoms with Crippen molar-refractivity contribution in [3.8, 4) is 0 Å². The lowest BCUT2D eigenvalue weighted by molar-refractivity contribution is -0.141. The van der Waals surface area contributed by atoms with Gasteiger partial charge in [-0.1, -0.05) is 0 Å². The van der Waals surface area contributed by atoms with E-state index in [1.54, 1.807) is 11.1 Å². The van der Waals surface area contributed by atoms with E-state index in [0.717, 1.165) is 32.2 Å². The maximum Gasteiger partial charge on any atom is 0.248 e. The predicted molar refractivity (Wildman–Crippen MR) is 92.9 cm³/mol. The van der Waals surface area contributed by atoms with Gasteiger partial charge in [0.15, 0.2) is 5.13 Å². The van der Waals surface area contributed by atoms with E-state index >= 15 is 0 Å². The zero-order valence-electron chi connectivity index (χ0n) is 13.2. The average Bonchev–Trinajstić information content (AvgIpc) is 3.17. The molecule has 2 fully saturated rings. The molecule has 0 radical (unpaired) electrons. The smallest absolute Gasteiger partial charge is 0.248 e. The lowest BCUT2D eigenvalue weighted by Crippen LogP contribution is -2.48. The van der Waals surface area contributed by atoms with Gasteiger partial charge in [0.1, 0.15) is 6.04 Å². The molecular weight excluding hydrogens is 336 g/mol. The quantitative estimate of drug-likeness (QED) is 0.865. The van der Waals surface area contributed by atoms with Crippen LogP contribution in [0.2, 0.25) is 0 Å². The lowest BCUT2D eigenvalue weighted by Gasteiger charge is -2.32. The van der Waals surface area contributed by atoms with Crippen LogP contribution in [0.4, 0.5) is 5.13 Å². The first-order valence-corrected chi connectivity index (χ1v) is 8.77. The van der Waals surface area contributed by atoms with Crippen LogP contribution in [-0.2, 0) is 9.59 Å². The molecule has 0 spiro atoms. The number of amides is 2. The first-order chi connectivity index (χ1) is 10.6. The van der Waals surface area contributed by atoms with E-state index in [2.05, 4.69) is 22.5 Å². The molecule has 3 atom stereocenters. The van der Waals surface area contributed by atoms with Crippen molar-refractivity contribution in [2.45, 2.75) is 44.7 Å². The Hall–Kier alpha value is -1.18. The summed E-state index contributed by atoms with van der Waals surface area (Å²) in [6, 6.07) is 0.0227. The second kappa shape index (κ2) is 8.08. The fraction of sp³-hybridized carbons (Fsp3) is 0.667. The Morgan fingerprint density at radius 1 is 1.43 bits per heavy atom. The highest BCUT2D eigenvalue weighted by Crippen LogP contribution is 2.26. The molecule has 3 rings (SSSR count). The Kier molecular flexibility index (Phi) is 6.38. The van der Waals surface area contributed by atoms with Crippen molar-refractivity contribution in [2.24, 2.45) is 5.92 Å². The minimum Gasteiger partial charge on any atom is -0.330 e. The van der Waals surface area contributed by atoms with Crippen LogP contribution in [-0.4, -0.2) is 46.9 Å². The third-order valence-electron chi connectivity index (χ3n) is 4.47. The highest BCUT2D eigenvalue weighted by molar-refractivity contribution is 7.13. The number of hydrogen-bond donors (Lipinski definition) is 2. The number of nitrogens with zero attached hydrogens (tertiary/aromatic N) is 2. The maximum absolute atomic E-state index is 12.8. The van der Waals surface area contributed by atoms with Crippen molar-refractivity contribution in [1.29, 1.82) is 0 Å². The van der Waals surface area contributed by atoms with Gasteiger partial charge in [0.05, 0.1) is 0 Å². The number of nitrogens with one attached hydrogen (secondary N) is 2. The molecular formula is C15H23ClN4O2S. The molecule has 0 bridgehead atoms. The van der Waals surface area contributed by atoms with Crippen molar-refractivity contribution < 1.29 is 9.59 Å². The summed E-state index contributed by atoms with van der Waals surface area (Å²) in [4.78, 5) is 31.0. The first-order valence-electron chi connectivity index (χ1n) is 7.89. The molecule has 0 saturated carbocycles. The normalized spacial score (nSPS) is 27.3. The summed E-state index contributed by atoms with van der Waals surface area (Å²) in [7, 11) is 0. The van der Waals surface area contributed by atoms with E-state index in [9.17, 15) is 9.59 Å². The van der Waals surface area contributed by atoms with Crippen molar-refractivity contribution in [2.75, 3.05) is 18.4 Å². The van der Waals surface area contributed by atoms with Gasteiger partial charge in [-0.2, -0.15) is 0 Å². The van der Waals surface area contributed by atoms with Crippen LogP contribution in [0.1, 0.15) is 32.6 Å². The lowest BCUT2D eigenvalue weighted by atomic mass is 9.91. The summed E-state index contributed by atoms with van der Waals surface area (Å²) < 4.78 is 0. The molecule has 0 aromatic carbocycles. The maximum atomic E-state index is 12.8. The van der Waals surface area contributed by atoms with Crippen LogP contribution in [0.25, 0.3) is 0 Å². The summed E-state index contributed by atoms with van der Waals surface area (Å²) in [6.45, 7) is 3.67. The number of carbonyl (C=O) groups excluding carboxylic acids is 2. The highest BCUT2D eigenvalue weighted by Gasteiger charge is 2.38. The van der Waals surface area contributed by atoms with Crippen molar-refractivity contribution in [1.82, 2.24) is 15.2 Å². The molecule has 8 heteroatoms. The molecule has 1 aromatic heterocycles. The van der Waals surface area contributed by atoms with E-state index in [-0.39, 0.29) is 36.2 Å². The molecule has 3 heterocycles. The molecule has 2 N–H and O–H groups in total. The number of carbonyl (C=O) groups is 2. The topological polar surface area (TPSA) is 74.3 Å². The number of halogens is 1. The molecule has 128 valence electrons. The Bertz CT molecular complexity index is 540. The number of piperidine rings is 1. The Balaban J connectivity index is 0.00000192. The van der Waals surface area contributed by atoms with Gasteiger partial charge in [-0.05, 0) is 39.2 Å². The number of thiazole rings is 1. The second-order valence-corrected chi connectivity index (χ2v) is 6.99. The van der Waals surface area contributed by atoms with Crippen molar-refractivity contribution in [3.05, 3.63) is 11.6 Å². The molecule has 2 aliphatic heterocycles. The van der Waals surface area contributed by atoms with Crippen LogP contribution in [0, 0.1) is 5.92 Å². The minimum absolute atomic E-state index is 0. The fourth-order valence-electron chi connectivity index (χ4n) is 3.37. The predicted octanol–water partition coefficient (Wildman–Crippen LogP) is 1.88. The third kappa shape index (κ3) is 4.22. The molecule has 6 nitrogen and oxygen atoms in total. The van der Waals surface area contributed by atoms with E-state index in [0.29, 0.717) is 17.7 Å². The average molecular weight is 359 g/mol. The number of anilines is 1. The molecule has 23 heavy (non-hydrogen) atoms. The standard InChI is InChI=1S/C15H22N4O2S.ClH/c1-10-9-11(4-5-16-10)14(21)19-7-2-3-12(19)13(20)18-15-17-6-8-22-15;/h6,8,10-12,16H,2-5,7,9H2,1H3,(H,17,18,20);1H/t10-,11-,12?;/m0./s1. The van der Waals surface area contributed by atoms with Gasteiger partial charge in [0.25, 0.3) is 0 Å². The monoisotopic (exact) mass is 358 g/mol. The molecule has 2 aliphatic rings. The molecule has 0 aliphatic carbocycles. The van der Waals surface area contributed by atoms with Gasteiger partial charge in [0, 0.05) is 30.1 Å². The van der Waals surface area contributed by atoms with E-state index < -0.39 is 0 Å². The number of rotatable bonds is 3. The van der Waals surface area contributed by atoms with Gasteiger partial charge in [-0.15, -0.1) is 23.7 Å². The molecule has 2 amide bonds. The summed E-state index contributed by atoms with van der Waals surface area (Å²) in [6.07, 6.45) is 5.01. The molecule has 1 unspecified atom stereocenters. The zero-order valence-corrected chi connectivity index (χ0v) is 14.8. The molecule has 1 aromatic rings. The summed E-state index contributed by atoms with van der Waals surface area (Å²) in [5, 5.41) is 8.61. The van der Waals surface area contributed by atoms with Gasteiger partial charge in [0.2, 0.25) is 11.8 Å². The summed E-state index contributed by atoms with van der Waals surface area (Å²) >= 11 is 1.39. The van der Waals surface area contributed by atoms with E-state index in [1.165, 1.54) is 11.3 Å². The van der Waals surface area contributed by atoms with Crippen LogP contribution in [0.3, 0.4) is 0 Å². The number of hydrogen-bond acceptors (Lipinski definition) is 5. The van der Waals surface area contributed by atoms with Crippen LogP contribution >= 0.6 is 23.7 Å².